The zero-order chi connectivity index (χ0) is 22.7. The monoisotopic (exact) mass is 479 g/mol. The average molecular weight is 481 g/mol. The number of aromatic nitrogens is 1. The number of hydrogen-bond acceptors (Lipinski definition) is 2. The van der Waals surface area contributed by atoms with Gasteiger partial charge in [0, 0.05) is 50.0 Å². The second kappa shape index (κ2) is 9.50. The van der Waals surface area contributed by atoms with Gasteiger partial charge in [-0.3, -0.25) is 4.79 Å². The fourth-order valence-corrected chi connectivity index (χ4v) is 3.98. The quantitative estimate of drug-likeness (QED) is 0.243. The Kier molecular flexibility index (Phi) is 6.53. The molecule has 0 aliphatic carbocycles. The number of nitriles is 1. The molecule has 0 radical (unpaired) electrons. The number of rotatable bonds is 5. The Morgan fingerprint density at radius 2 is 1.72 bits per heavy atom. The number of amides is 1. The number of benzene rings is 3. The summed E-state index contributed by atoms with van der Waals surface area (Å²) in [6.07, 6.45) is 3.50. The van der Waals surface area contributed by atoms with E-state index in [1.165, 1.54) is 0 Å². The van der Waals surface area contributed by atoms with Gasteiger partial charge in [-0.1, -0.05) is 59.1 Å². The van der Waals surface area contributed by atoms with Gasteiger partial charge in [-0.25, -0.2) is 0 Å². The van der Waals surface area contributed by atoms with Gasteiger partial charge in [0.15, 0.2) is 0 Å². The summed E-state index contributed by atoms with van der Waals surface area (Å²) >= 11 is 18.3. The Bertz CT molecular complexity index is 1380. The highest BCUT2D eigenvalue weighted by molar-refractivity contribution is 6.35. The molecule has 0 unspecified atom stereocenters. The minimum Gasteiger partial charge on any atom is -0.342 e. The first-order valence-electron chi connectivity index (χ1n) is 9.65. The molecule has 0 saturated heterocycles. The van der Waals surface area contributed by atoms with Crippen molar-refractivity contribution in [2.24, 2.45) is 0 Å². The lowest BCUT2D eigenvalue weighted by Gasteiger charge is -2.08. The maximum Gasteiger partial charge on any atom is 0.266 e. The van der Waals surface area contributed by atoms with Crippen LogP contribution in [0, 0.1) is 11.3 Å². The van der Waals surface area contributed by atoms with Gasteiger partial charge in [-0.15, -0.1) is 0 Å². The van der Waals surface area contributed by atoms with E-state index in [9.17, 15) is 10.1 Å². The maximum absolute atomic E-state index is 12.7. The molecule has 0 spiro atoms. The van der Waals surface area contributed by atoms with Gasteiger partial charge in [0.2, 0.25) is 0 Å². The Labute approximate surface area is 200 Å². The third kappa shape index (κ3) is 4.81. The van der Waals surface area contributed by atoms with Gasteiger partial charge in [-0.2, -0.15) is 5.26 Å². The number of nitrogens with zero attached hydrogens (tertiary/aromatic N) is 2. The molecule has 0 aliphatic rings. The van der Waals surface area contributed by atoms with E-state index in [0.717, 1.165) is 22.0 Å². The second-order valence-electron chi connectivity index (χ2n) is 7.10. The third-order valence-electron chi connectivity index (χ3n) is 4.94. The molecular formula is C25H16Cl3N3O. The fraction of sp³-hybridized carbons (Fsp3) is 0.0400. The van der Waals surface area contributed by atoms with Crippen LogP contribution in [0.5, 0.6) is 0 Å². The summed E-state index contributed by atoms with van der Waals surface area (Å²) < 4.78 is 2.03. The highest BCUT2D eigenvalue weighted by Crippen LogP contribution is 2.27. The van der Waals surface area contributed by atoms with Gasteiger partial charge in [-0.05, 0) is 54.1 Å². The van der Waals surface area contributed by atoms with Crippen LogP contribution in [-0.4, -0.2) is 10.5 Å². The molecule has 7 heteroatoms. The van der Waals surface area contributed by atoms with E-state index in [4.69, 9.17) is 34.8 Å². The Balaban J connectivity index is 1.68. The molecule has 1 N–H and O–H groups in total. The molecule has 3 aromatic carbocycles. The molecule has 4 nitrogen and oxygen atoms in total. The second-order valence-corrected chi connectivity index (χ2v) is 8.38. The molecule has 4 rings (SSSR count). The van der Waals surface area contributed by atoms with E-state index in [-0.39, 0.29) is 5.57 Å². The van der Waals surface area contributed by atoms with E-state index in [0.29, 0.717) is 27.3 Å². The van der Waals surface area contributed by atoms with Crippen LogP contribution in [0.3, 0.4) is 0 Å². The van der Waals surface area contributed by atoms with Crippen LogP contribution in [0.4, 0.5) is 5.69 Å². The van der Waals surface area contributed by atoms with Gasteiger partial charge in [0.25, 0.3) is 5.91 Å². The molecular weight excluding hydrogens is 465 g/mol. The number of carbonyl (C=O) groups is 1. The fourth-order valence-electron chi connectivity index (χ4n) is 3.39. The highest BCUT2D eigenvalue weighted by Gasteiger charge is 2.14. The molecule has 158 valence electrons. The third-order valence-corrected chi connectivity index (χ3v) is 5.78. The van der Waals surface area contributed by atoms with Crippen molar-refractivity contribution in [3.63, 3.8) is 0 Å². The van der Waals surface area contributed by atoms with Crippen LogP contribution in [-0.2, 0) is 11.3 Å². The molecule has 0 aliphatic heterocycles. The standard InChI is InChI=1S/C25H16Cl3N3O/c26-19-7-9-21(10-8-19)30-25(32)17(13-29)11-18-15-31(24-4-2-1-3-22(18)24)14-16-5-6-20(27)12-23(16)28/h1-12,15H,14H2,(H,30,32)/b17-11+. The molecule has 4 aromatic rings. The van der Waals surface area contributed by atoms with Crippen molar-refractivity contribution in [3.05, 3.63) is 105 Å². The van der Waals surface area contributed by atoms with Gasteiger partial charge in [0.05, 0.1) is 0 Å². The summed E-state index contributed by atoms with van der Waals surface area (Å²) in [5, 5.41) is 15.0. The summed E-state index contributed by atoms with van der Waals surface area (Å²) in [6.45, 7) is 0.517. The Morgan fingerprint density at radius 1 is 1.00 bits per heavy atom. The van der Waals surface area contributed by atoms with Crippen molar-refractivity contribution >= 4 is 63.4 Å². The van der Waals surface area contributed by atoms with Crippen LogP contribution in [0.2, 0.25) is 15.1 Å². The lowest BCUT2D eigenvalue weighted by Crippen LogP contribution is -2.13. The number of para-hydroxylation sites is 1. The van der Waals surface area contributed by atoms with E-state index < -0.39 is 5.91 Å². The molecule has 1 amide bonds. The largest absolute Gasteiger partial charge is 0.342 e. The van der Waals surface area contributed by atoms with Gasteiger partial charge in [0.1, 0.15) is 11.6 Å². The van der Waals surface area contributed by atoms with Crippen molar-refractivity contribution in [1.82, 2.24) is 4.57 Å². The number of anilines is 1. The van der Waals surface area contributed by atoms with E-state index in [2.05, 4.69) is 5.32 Å². The number of nitrogens with one attached hydrogen (secondary N) is 1. The normalized spacial score (nSPS) is 11.4. The first-order chi connectivity index (χ1) is 15.4. The highest BCUT2D eigenvalue weighted by atomic mass is 35.5. The van der Waals surface area contributed by atoms with E-state index in [1.54, 1.807) is 42.5 Å². The number of carbonyl (C=O) groups excluding carboxylic acids is 1. The van der Waals surface area contributed by atoms with Crippen molar-refractivity contribution in [1.29, 1.82) is 5.26 Å². The predicted octanol–water partition coefficient (Wildman–Crippen LogP) is 7.20. The van der Waals surface area contributed by atoms with Crippen LogP contribution < -0.4 is 5.32 Å². The smallest absolute Gasteiger partial charge is 0.266 e. The Hall–Kier alpha value is -3.23. The number of hydrogen-bond donors (Lipinski definition) is 1. The molecule has 0 saturated carbocycles. The topological polar surface area (TPSA) is 57.8 Å². The zero-order valence-corrected chi connectivity index (χ0v) is 18.9. The van der Waals surface area contributed by atoms with Crippen molar-refractivity contribution < 1.29 is 4.79 Å². The van der Waals surface area contributed by atoms with Crippen molar-refractivity contribution in [2.75, 3.05) is 5.32 Å². The summed E-state index contributed by atoms with van der Waals surface area (Å²) in [7, 11) is 0. The minimum atomic E-state index is -0.493. The number of halogens is 3. The van der Waals surface area contributed by atoms with Crippen LogP contribution in [0.25, 0.3) is 17.0 Å². The first-order valence-corrected chi connectivity index (χ1v) is 10.8. The maximum atomic E-state index is 12.7. The average Bonchev–Trinajstić information content (AvgIpc) is 3.13. The Morgan fingerprint density at radius 3 is 2.44 bits per heavy atom. The molecule has 0 atom stereocenters. The van der Waals surface area contributed by atoms with Crippen LogP contribution in [0.15, 0.2) is 78.5 Å². The molecule has 0 fully saturated rings. The van der Waals surface area contributed by atoms with Crippen molar-refractivity contribution in [2.45, 2.75) is 6.54 Å². The zero-order valence-electron chi connectivity index (χ0n) is 16.6. The van der Waals surface area contributed by atoms with E-state index >= 15 is 0 Å². The van der Waals surface area contributed by atoms with E-state index in [1.807, 2.05) is 47.2 Å². The predicted molar refractivity (Wildman–Crippen MR) is 131 cm³/mol. The summed E-state index contributed by atoms with van der Waals surface area (Å²) in [6, 6.07) is 21.9. The molecule has 32 heavy (non-hydrogen) atoms. The molecule has 1 aromatic heterocycles. The number of fused-ring (bicyclic) bond motifs is 1. The van der Waals surface area contributed by atoms with Crippen LogP contribution in [0.1, 0.15) is 11.1 Å². The first kappa shape index (κ1) is 22.0. The lowest BCUT2D eigenvalue weighted by atomic mass is 10.1. The summed E-state index contributed by atoms with van der Waals surface area (Å²) in [4.78, 5) is 12.7. The SMILES string of the molecule is N#C/C(=C\c1cn(Cc2ccc(Cl)cc2Cl)c2ccccc12)C(=O)Nc1ccc(Cl)cc1. The van der Waals surface area contributed by atoms with Crippen molar-refractivity contribution in [3.8, 4) is 6.07 Å². The lowest BCUT2D eigenvalue weighted by molar-refractivity contribution is -0.112. The van der Waals surface area contributed by atoms with Crippen LogP contribution >= 0.6 is 34.8 Å². The van der Waals surface area contributed by atoms with Gasteiger partial charge < -0.3 is 9.88 Å². The minimum absolute atomic E-state index is 0.00706. The van der Waals surface area contributed by atoms with Gasteiger partial charge >= 0.3 is 0 Å². The summed E-state index contributed by atoms with van der Waals surface area (Å²) in [5.41, 5.74) is 3.18. The summed E-state index contributed by atoms with van der Waals surface area (Å²) in [5.74, 6) is -0.493. The molecule has 0 bridgehead atoms. The molecule has 1 heterocycles.